The van der Waals surface area contributed by atoms with Crippen molar-refractivity contribution in [1.82, 2.24) is 5.43 Å². The molecule has 0 radical (unpaired) electrons. The number of benzene rings is 2. The summed E-state index contributed by atoms with van der Waals surface area (Å²) >= 11 is 6.04. The summed E-state index contributed by atoms with van der Waals surface area (Å²) in [7, 11) is 0. The van der Waals surface area contributed by atoms with E-state index in [1.807, 2.05) is 0 Å². The fraction of sp³-hybridized carbons (Fsp3) is 0.200. The van der Waals surface area contributed by atoms with Crippen LogP contribution in [-0.2, 0) is 6.42 Å². The molecule has 1 atom stereocenters. The highest BCUT2D eigenvalue weighted by molar-refractivity contribution is 6.31. The third-order valence-electron chi connectivity index (χ3n) is 3.28. The predicted octanol–water partition coefficient (Wildman–Crippen LogP) is 3.67. The maximum Gasteiger partial charge on any atom is 0.129 e. The molecule has 1 unspecified atom stereocenters. The lowest BCUT2D eigenvalue weighted by atomic mass is 9.96. The maximum absolute atomic E-state index is 13.9. The molecule has 106 valence electrons. The van der Waals surface area contributed by atoms with Crippen LogP contribution in [-0.4, -0.2) is 0 Å². The second kappa shape index (κ2) is 6.31. The average molecular weight is 297 g/mol. The largest absolute Gasteiger partial charge is 0.271 e. The number of halogens is 3. The molecule has 2 aromatic carbocycles. The number of hydrazine groups is 1. The molecule has 2 aromatic rings. The molecule has 0 saturated heterocycles. The van der Waals surface area contributed by atoms with Crippen molar-refractivity contribution in [2.24, 2.45) is 5.84 Å². The summed E-state index contributed by atoms with van der Waals surface area (Å²) < 4.78 is 27.0. The van der Waals surface area contributed by atoms with Crippen LogP contribution in [0.15, 0.2) is 36.4 Å². The molecule has 0 aromatic heterocycles. The lowest BCUT2D eigenvalue weighted by Gasteiger charge is -2.19. The lowest BCUT2D eigenvalue weighted by Crippen LogP contribution is -2.30. The number of hydrogen-bond acceptors (Lipinski definition) is 2. The van der Waals surface area contributed by atoms with Gasteiger partial charge in [-0.3, -0.25) is 11.3 Å². The minimum absolute atomic E-state index is 0.299. The summed E-state index contributed by atoms with van der Waals surface area (Å²) in [6.45, 7) is 1.80. The average Bonchev–Trinajstić information content (AvgIpc) is 2.39. The fourth-order valence-electron chi connectivity index (χ4n) is 2.20. The van der Waals surface area contributed by atoms with Gasteiger partial charge in [-0.05, 0) is 48.7 Å². The molecule has 2 nitrogen and oxygen atoms in total. The molecule has 20 heavy (non-hydrogen) atoms. The number of nitrogens with one attached hydrogen (secondary N) is 1. The van der Waals surface area contributed by atoms with E-state index in [1.54, 1.807) is 19.1 Å². The summed E-state index contributed by atoms with van der Waals surface area (Å²) in [6.07, 6.45) is 0.420. The molecule has 3 N–H and O–H groups in total. The van der Waals surface area contributed by atoms with Crippen molar-refractivity contribution >= 4 is 11.6 Å². The predicted molar refractivity (Wildman–Crippen MR) is 76.3 cm³/mol. The van der Waals surface area contributed by atoms with Gasteiger partial charge in [0.2, 0.25) is 0 Å². The Bertz CT molecular complexity index is 597. The third-order valence-corrected chi connectivity index (χ3v) is 3.61. The van der Waals surface area contributed by atoms with Gasteiger partial charge < -0.3 is 0 Å². The Morgan fingerprint density at radius 2 is 2.00 bits per heavy atom. The number of hydrogen-bond donors (Lipinski definition) is 2. The quantitative estimate of drug-likeness (QED) is 0.667. The molecule has 5 heteroatoms. The SMILES string of the molecule is Cc1cc(F)ccc1CC(NN)c1c(F)cccc1Cl. The van der Waals surface area contributed by atoms with Crippen molar-refractivity contribution in [2.75, 3.05) is 0 Å². The van der Waals surface area contributed by atoms with Crippen LogP contribution in [0.25, 0.3) is 0 Å². The zero-order valence-electron chi connectivity index (χ0n) is 11.0. The van der Waals surface area contributed by atoms with Gasteiger partial charge in [0, 0.05) is 10.6 Å². The first-order valence-corrected chi connectivity index (χ1v) is 6.55. The minimum atomic E-state index is -0.479. The van der Waals surface area contributed by atoms with Crippen LogP contribution in [0, 0.1) is 18.6 Å². The van der Waals surface area contributed by atoms with E-state index in [-0.39, 0.29) is 5.82 Å². The van der Waals surface area contributed by atoms with Crippen molar-refractivity contribution in [3.05, 3.63) is 69.7 Å². The molecule has 0 aliphatic rings. The maximum atomic E-state index is 13.9. The molecular formula is C15H15ClF2N2. The van der Waals surface area contributed by atoms with Crippen LogP contribution in [0.2, 0.25) is 5.02 Å². The topological polar surface area (TPSA) is 38.0 Å². The van der Waals surface area contributed by atoms with Crippen LogP contribution >= 0.6 is 11.6 Å². The van der Waals surface area contributed by atoms with Gasteiger partial charge in [0.15, 0.2) is 0 Å². The normalized spacial score (nSPS) is 12.4. The van der Waals surface area contributed by atoms with Gasteiger partial charge in [-0.15, -0.1) is 0 Å². The number of aryl methyl sites for hydroxylation is 1. The van der Waals surface area contributed by atoms with E-state index >= 15 is 0 Å². The molecule has 0 spiro atoms. The number of rotatable bonds is 4. The van der Waals surface area contributed by atoms with Crippen LogP contribution in [0.4, 0.5) is 8.78 Å². The first-order chi connectivity index (χ1) is 9.52. The highest BCUT2D eigenvalue weighted by atomic mass is 35.5. The second-order valence-corrected chi connectivity index (χ2v) is 5.04. The van der Waals surface area contributed by atoms with Crippen LogP contribution in [0.1, 0.15) is 22.7 Å². The molecular weight excluding hydrogens is 282 g/mol. The van der Waals surface area contributed by atoms with Crippen LogP contribution in [0.5, 0.6) is 0 Å². The first kappa shape index (κ1) is 14.9. The summed E-state index contributed by atoms with van der Waals surface area (Å²) in [6, 6.07) is 8.49. The Balaban J connectivity index is 2.34. The molecule has 0 bridgehead atoms. The number of nitrogens with two attached hydrogens (primary N) is 1. The summed E-state index contributed by atoms with van der Waals surface area (Å²) in [4.78, 5) is 0. The molecule has 0 amide bonds. The van der Waals surface area contributed by atoms with E-state index < -0.39 is 11.9 Å². The fourth-order valence-corrected chi connectivity index (χ4v) is 2.49. The van der Waals surface area contributed by atoms with Crippen LogP contribution in [0.3, 0.4) is 0 Å². The lowest BCUT2D eigenvalue weighted by molar-refractivity contribution is 0.509. The van der Waals surface area contributed by atoms with Crippen molar-refractivity contribution in [3.63, 3.8) is 0 Å². The first-order valence-electron chi connectivity index (χ1n) is 6.18. The monoisotopic (exact) mass is 296 g/mol. The third kappa shape index (κ3) is 3.15. The highest BCUT2D eigenvalue weighted by Gasteiger charge is 2.19. The van der Waals surface area contributed by atoms with Crippen LogP contribution < -0.4 is 11.3 Å². The van der Waals surface area contributed by atoms with Gasteiger partial charge >= 0.3 is 0 Å². The summed E-state index contributed by atoms with van der Waals surface area (Å²) in [5, 5.41) is 0.313. The Hall–Kier alpha value is -1.49. The van der Waals surface area contributed by atoms with Crippen molar-refractivity contribution < 1.29 is 8.78 Å². The molecule has 0 aliphatic carbocycles. The summed E-state index contributed by atoms with van der Waals surface area (Å²) in [5.41, 5.74) is 4.56. The van der Waals surface area contributed by atoms with Gasteiger partial charge in [-0.1, -0.05) is 23.7 Å². The van der Waals surface area contributed by atoms with E-state index in [0.717, 1.165) is 11.1 Å². The van der Waals surface area contributed by atoms with Gasteiger partial charge in [0.1, 0.15) is 11.6 Å². The van der Waals surface area contributed by atoms with E-state index in [9.17, 15) is 8.78 Å². The molecule has 0 aliphatic heterocycles. The van der Waals surface area contributed by atoms with Gasteiger partial charge in [0.05, 0.1) is 6.04 Å². The van der Waals surface area contributed by atoms with Crippen molar-refractivity contribution in [2.45, 2.75) is 19.4 Å². The second-order valence-electron chi connectivity index (χ2n) is 4.63. The van der Waals surface area contributed by atoms with E-state index in [2.05, 4.69) is 5.43 Å². The zero-order chi connectivity index (χ0) is 14.7. The molecule has 0 fully saturated rings. The van der Waals surface area contributed by atoms with E-state index in [1.165, 1.54) is 24.3 Å². The van der Waals surface area contributed by atoms with E-state index in [4.69, 9.17) is 17.4 Å². The Morgan fingerprint density at radius 3 is 2.60 bits per heavy atom. The summed E-state index contributed by atoms with van der Waals surface area (Å²) in [5.74, 6) is 4.81. The Morgan fingerprint density at radius 1 is 1.25 bits per heavy atom. The smallest absolute Gasteiger partial charge is 0.129 e. The standard InChI is InChI=1S/C15H15ClF2N2/c1-9-7-11(17)6-5-10(9)8-14(20-19)15-12(16)3-2-4-13(15)18/h2-7,14,20H,8,19H2,1H3. The van der Waals surface area contributed by atoms with Crippen molar-refractivity contribution in [1.29, 1.82) is 0 Å². The van der Waals surface area contributed by atoms with Gasteiger partial charge in [0.25, 0.3) is 0 Å². The minimum Gasteiger partial charge on any atom is -0.271 e. The Labute approximate surface area is 121 Å². The van der Waals surface area contributed by atoms with E-state index in [0.29, 0.717) is 17.0 Å². The molecule has 2 rings (SSSR count). The van der Waals surface area contributed by atoms with Crippen molar-refractivity contribution in [3.8, 4) is 0 Å². The van der Waals surface area contributed by atoms with Gasteiger partial charge in [-0.25, -0.2) is 8.78 Å². The molecule has 0 heterocycles. The Kier molecular flexibility index (Phi) is 4.70. The van der Waals surface area contributed by atoms with Gasteiger partial charge in [-0.2, -0.15) is 0 Å². The molecule has 0 saturated carbocycles. The highest BCUT2D eigenvalue weighted by Crippen LogP contribution is 2.28. The zero-order valence-corrected chi connectivity index (χ0v) is 11.7.